The Morgan fingerprint density at radius 2 is 2.10 bits per heavy atom. The van der Waals surface area contributed by atoms with Gasteiger partial charge in [0.05, 0.1) is 15.7 Å². The van der Waals surface area contributed by atoms with Crippen LogP contribution >= 0.6 is 15.9 Å². The normalized spacial score (nSPS) is 17.1. The number of carbonyl (C=O) groups excluding carboxylic acids is 3. The fourth-order valence-electron chi connectivity index (χ4n) is 2.23. The van der Waals surface area contributed by atoms with Gasteiger partial charge in [0.1, 0.15) is 12.4 Å². The number of carbonyl (C=O) groups is 3. The van der Waals surface area contributed by atoms with E-state index >= 15 is 0 Å². The van der Waals surface area contributed by atoms with Crippen LogP contribution in [0.4, 0.5) is 10.1 Å². The zero-order valence-corrected chi connectivity index (χ0v) is 12.6. The van der Waals surface area contributed by atoms with Crippen molar-refractivity contribution in [2.75, 3.05) is 18.0 Å². The number of nitrogens with zero attached hydrogens (tertiary/aromatic N) is 1. The Bertz CT molecular complexity index is 658. The lowest BCUT2D eigenvalue weighted by atomic mass is 10.1. The fraction of sp³-hybridized carbons (Fsp3) is 0.357. The van der Waals surface area contributed by atoms with Crippen molar-refractivity contribution in [1.29, 1.82) is 0 Å². The molecule has 7 heteroatoms. The molecule has 110 valence electrons. The molecule has 1 heterocycles. The standard InChI is InChI=1S/C14H12BrFN2O3/c15-9-3-8-11(4-10(9)16)18(14(21)13(8)20)6-12(19)17-5-7-1-2-7/h3-4,7H,1-2,5-6H2,(H,17,19). The van der Waals surface area contributed by atoms with Gasteiger partial charge >= 0.3 is 0 Å². The minimum absolute atomic E-state index is 0.113. The molecule has 21 heavy (non-hydrogen) atoms. The first-order valence-electron chi connectivity index (χ1n) is 6.59. The maximum Gasteiger partial charge on any atom is 0.299 e. The van der Waals surface area contributed by atoms with Gasteiger partial charge in [0, 0.05) is 6.54 Å². The lowest BCUT2D eigenvalue weighted by Crippen LogP contribution is -2.40. The van der Waals surface area contributed by atoms with Gasteiger partial charge in [0.25, 0.3) is 11.7 Å². The van der Waals surface area contributed by atoms with Crippen LogP contribution in [0.2, 0.25) is 0 Å². The highest BCUT2D eigenvalue weighted by molar-refractivity contribution is 9.10. The third-order valence-corrected chi connectivity index (χ3v) is 4.21. The van der Waals surface area contributed by atoms with Gasteiger partial charge in [-0.15, -0.1) is 0 Å². The molecule has 0 spiro atoms. The fourth-order valence-corrected chi connectivity index (χ4v) is 2.57. The van der Waals surface area contributed by atoms with Crippen LogP contribution in [0.25, 0.3) is 0 Å². The van der Waals surface area contributed by atoms with Crippen LogP contribution in [0.5, 0.6) is 0 Å². The van der Waals surface area contributed by atoms with Crippen molar-refractivity contribution in [2.45, 2.75) is 12.8 Å². The van der Waals surface area contributed by atoms with Crippen molar-refractivity contribution in [3.63, 3.8) is 0 Å². The van der Waals surface area contributed by atoms with E-state index < -0.39 is 17.5 Å². The van der Waals surface area contributed by atoms with Gasteiger partial charge in [-0.3, -0.25) is 19.3 Å². The maximum absolute atomic E-state index is 13.6. The van der Waals surface area contributed by atoms with Crippen molar-refractivity contribution >= 4 is 39.2 Å². The Morgan fingerprint density at radius 3 is 2.76 bits per heavy atom. The molecule has 2 aliphatic rings. The summed E-state index contributed by atoms with van der Waals surface area (Å²) < 4.78 is 13.7. The summed E-state index contributed by atoms with van der Waals surface area (Å²) in [4.78, 5) is 36.6. The number of nitrogens with one attached hydrogen (secondary N) is 1. The molecule has 0 saturated heterocycles. The second-order valence-corrected chi connectivity index (χ2v) is 6.11. The largest absolute Gasteiger partial charge is 0.354 e. The highest BCUT2D eigenvalue weighted by Crippen LogP contribution is 2.33. The van der Waals surface area contributed by atoms with Crippen LogP contribution in [0, 0.1) is 11.7 Å². The summed E-state index contributed by atoms with van der Waals surface area (Å²) in [6, 6.07) is 2.36. The summed E-state index contributed by atoms with van der Waals surface area (Å²) in [6.07, 6.45) is 2.20. The van der Waals surface area contributed by atoms with E-state index in [2.05, 4.69) is 21.2 Å². The lowest BCUT2D eigenvalue weighted by molar-refractivity contribution is -0.122. The van der Waals surface area contributed by atoms with E-state index in [0.29, 0.717) is 12.5 Å². The van der Waals surface area contributed by atoms with E-state index in [9.17, 15) is 18.8 Å². The van der Waals surface area contributed by atoms with Crippen LogP contribution < -0.4 is 10.2 Å². The SMILES string of the molecule is O=C(CN1C(=O)C(=O)c2cc(Br)c(F)cc21)NCC1CC1. The van der Waals surface area contributed by atoms with Crippen LogP contribution in [-0.2, 0) is 9.59 Å². The van der Waals surface area contributed by atoms with E-state index in [1.54, 1.807) is 0 Å². The summed E-state index contributed by atoms with van der Waals surface area (Å²) in [5.74, 6) is -1.94. The van der Waals surface area contributed by atoms with E-state index in [0.717, 1.165) is 23.8 Å². The molecule has 1 aromatic carbocycles. The number of ketones is 1. The van der Waals surface area contributed by atoms with Gasteiger partial charge in [-0.2, -0.15) is 0 Å². The number of Topliss-reactive ketones (excluding diaryl/α,β-unsaturated/α-hetero) is 1. The molecule has 1 saturated carbocycles. The van der Waals surface area contributed by atoms with Gasteiger partial charge in [0.2, 0.25) is 5.91 Å². The van der Waals surface area contributed by atoms with Crippen LogP contribution in [-0.4, -0.2) is 30.7 Å². The number of rotatable bonds is 4. The van der Waals surface area contributed by atoms with E-state index in [1.807, 2.05) is 0 Å². The van der Waals surface area contributed by atoms with Crippen molar-refractivity contribution in [1.82, 2.24) is 5.32 Å². The average molecular weight is 355 g/mol. The molecule has 1 aliphatic heterocycles. The number of amides is 2. The molecule has 0 aromatic heterocycles. The second kappa shape index (κ2) is 5.22. The number of anilines is 1. The van der Waals surface area contributed by atoms with Gasteiger partial charge < -0.3 is 5.32 Å². The van der Waals surface area contributed by atoms with Gasteiger partial charge in [-0.1, -0.05) is 0 Å². The first-order valence-corrected chi connectivity index (χ1v) is 7.38. The number of hydrogen-bond donors (Lipinski definition) is 1. The minimum atomic E-state index is -0.802. The molecular weight excluding hydrogens is 343 g/mol. The van der Waals surface area contributed by atoms with Gasteiger partial charge in [-0.25, -0.2) is 4.39 Å². The molecule has 1 aliphatic carbocycles. The Balaban J connectivity index is 1.79. The molecule has 3 rings (SSSR count). The summed E-state index contributed by atoms with van der Waals surface area (Å²) in [5.41, 5.74) is 0.260. The summed E-state index contributed by atoms with van der Waals surface area (Å²) in [5, 5.41) is 2.72. The molecular formula is C14H12BrFN2O3. The quantitative estimate of drug-likeness (QED) is 0.836. The monoisotopic (exact) mass is 354 g/mol. The predicted molar refractivity (Wildman–Crippen MR) is 76.5 cm³/mol. The summed E-state index contributed by atoms with van der Waals surface area (Å²) in [7, 11) is 0. The van der Waals surface area contributed by atoms with Crippen molar-refractivity contribution in [3.05, 3.63) is 28.0 Å². The highest BCUT2D eigenvalue weighted by atomic mass is 79.9. The van der Waals surface area contributed by atoms with Crippen molar-refractivity contribution in [3.8, 4) is 0 Å². The third kappa shape index (κ3) is 2.70. The molecule has 1 fully saturated rings. The number of hydrogen-bond acceptors (Lipinski definition) is 3. The topological polar surface area (TPSA) is 66.5 Å². The molecule has 0 radical (unpaired) electrons. The molecule has 0 atom stereocenters. The first kappa shape index (κ1) is 14.2. The molecule has 0 unspecified atom stereocenters. The lowest BCUT2D eigenvalue weighted by Gasteiger charge is -2.16. The third-order valence-electron chi connectivity index (χ3n) is 3.60. The maximum atomic E-state index is 13.6. The van der Waals surface area contributed by atoms with Gasteiger partial charge in [0.15, 0.2) is 0 Å². The van der Waals surface area contributed by atoms with Crippen LogP contribution in [0.15, 0.2) is 16.6 Å². The Hall–Kier alpha value is -1.76. The molecule has 1 aromatic rings. The smallest absolute Gasteiger partial charge is 0.299 e. The van der Waals surface area contributed by atoms with Crippen molar-refractivity contribution < 1.29 is 18.8 Å². The Kier molecular flexibility index (Phi) is 3.52. The molecule has 1 N–H and O–H groups in total. The number of fused-ring (bicyclic) bond motifs is 1. The Labute approximate surface area is 128 Å². The highest BCUT2D eigenvalue weighted by Gasteiger charge is 2.37. The van der Waals surface area contributed by atoms with E-state index in [4.69, 9.17) is 0 Å². The predicted octanol–water partition coefficient (Wildman–Crippen LogP) is 1.64. The van der Waals surface area contributed by atoms with Crippen molar-refractivity contribution in [2.24, 2.45) is 5.92 Å². The van der Waals surface area contributed by atoms with Gasteiger partial charge in [-0.05, 0) is 46.8 Å². The number of halogens is 2. The summed E-state index contributed by atoms with van der Waals surface area (Å²) >= 11 is 2.98. The Morgan fingerprint density at radius 1 is 1.38 bits per heavy atom. The van der Waals surface area contributed by atoms with Crippen LogP contribution in [0.1, 0.15) is 23.2 Å². The first-order chi connectivity index (χ1) is 9.97. The minimum Gasteiger partial charge on any atom is -0.354 e. The zero-order chi connectivity index (χ0) is 15.1. The molecule has 5 nitrogen and oxygen atoms in total. The second-order valence-electron chi connectivity index (χ2n) is 5.25. The van der Waals surface area contributed by atoms with E-state index in [1.165, 1.54) is 6.07 Å². The number of benzene rings is 1. The average Bonchev–Trinajstić information content (AvgIpc) is 3.24. The zero-order valence-electron chi connectivity index (χ0n) is 11.0. The molecule has 0 bridgehead atoms. The van der Waals surface area contributed by atoms with Crippen LogP contribution in [0.3, 0.4) is 0 Å². The van der Waals surface area contributed by atoms with E-state index in [-0.39, 0.29) is 28.2 Å². The molecule has 2 amide bonds. The summed E-state index contributed by atoms with van der Waals surface area (Å²) in [6.45, 7) is 0.307.